The molecule has 0 aliphatic rings. The number of nitro groups is 1. The molecule has 0 saturated carbocycles. The highest BCUT2D eigenvalue weighted by molar-refractivity contribution is 5.94. The molecule has 0 aliphatic carbocycles. The molecule has 0 bridgehead atoms. The molecule has 23 heavy (non-hydrogen) atoms. The first-order valence-electron chi connectivity index (χ1n) is 6.75. The Hall–Kier alpha value is -2.68. The Balaban J connectivity index is 2.75. The lowest BCUT2D eigenvalue weighted by molar-refractivity contribution is -0.384. The van der Waals surface area contributed by atoms with Crippen LogP contribution in [0.1, 0.15) is 0 Å². The minimum absolute atomic E-state index is 0.0363. The number of likely N-dealkylation sites (N-methyl/N-ethyl adjacent to an activating group) is 2. The van der Waals surface area contributed by atoms with Crippen LogP contribution in [-0.2, 0) is 9.59 Å². The van der Waals surface area contributed by atoms with Crippen molar-refractivity contribution in [1.82, 2.24) is 9.80 Å². The summed E-state index contributed by atoms with van der Waals surface area (Å²) in [6.07, 6.45) is 0. The fourth-order valence-corrected chi connectivity index (χ4v) is 1.77. The van der Waals surface area contributed by atoms with Gasteiger partial charge < -0.3 is 15.0 Å². The van der Waals surface area contributed by atoms with Crippen LogP contribution < -0.4 is 10.1 Å². The maximum absolute atomic E-state index is 12.0. The zero-order chi connectivity index (χ0) is 17.6. The SMILES string of the molecule is COc1ccc([N+](=O)[O-])cc1NC(=O)CN(C)CC(=O)N(C)C. The second-order valence-corrected chi connectivity index (χ2v) is 5.15. The summed E-state index contributed by atoms with van der Waals surface area (Å²) in [6.45, 7) is 0.0535. The normalized spacial score (nSPS) is 10.3. The lowest BCUT2D eigenvalue weighted by atomic mass is 10.2. The second kappa shape index (κ2) is 8.08. The number of methoxy groups -OCH3 is 1. The van der Waals surface area contributed by atoms with Crippen LogP contribution in [0.5, 0.6) is 5.75 Å². The highest BCUT2D eigenvalue weighted by Crippen LogP contribution is 2.28. The average molecular weight is 324 g/mol. The third kappa shape index (κ3) is 5.55. The van der Waals surface area contributed by atoms with Gasteiger partial charge in [-0.3, -0.25) is 24.6 Å². The van der Waals surface area contributed by atoms with Crippen molar-refractivity contribution in [2.75, 3.05) is 46.7 Å². The van der Waals surface area contributed by atoms with Gasteiger partial charge in [0.25, 0.3) is 5.69 Å². The topological polar surface area (TPSA) is 105 Å². The summed E-state index contributed by atoms with van der Waals surface area (Å²) >= 11 is 0. The van der Waals surface area contributed by atoms with E-state index in [4.69, 9.17) is 4.74 Å². The van der Waals surface area contributed by atoms with Gasteiger partial charge in [0.2, 0.25) is 11.8 Å². The lowest BCUT2D eigenvalue weighted by Crippen LogP contribution is -2.38. The monoisotopic (exact) mass is 324 g/mol. The summed E-state index contributed by atoms with van der Waals surface area (Å²) in [5.74, 6) is -0.220. The third-order valence-corrected chi connectivity index (χ3v) is 2.99. The first-order chi connectivity index (χ1) is 10.7. The minimum atomic E-state index is -0.559. The standard InChI is InChI=1S/C14H20N4O5/c1-16(2)14(20)9-17(3)8-13(19)15-11-7-10(18(21)22)5-6-12(11)23-4/h5-7H,8-9H2,1-4H3,(H,15,19). The Morgan fingerprint density at radius 3 is 2.43 bits per heavy atom. The van der Waals surface area contributed by atoms with Gasteiger partial charge in [-0.25, -0.2) is 0 Å². The number of carbonyl (C=O) groups excluding carboxylic acids is 2. The molecule has 0 radical (unpaired) electrons. The fraction of sp³-hybridized carbons (Fsp3) is 0.429. The Bertz CT molecular complexity index is 603. The predicted octanol–water partition coefficient (Wildman–Crippen LogP) is 0.562. The molecule has 0 atom stereocenters. The number of nitro benzene ring substituents is 1. The Kier molecular flexibility index (Phi) is 6.46. The van der Waals surface area contributed by atoms with E-state index >= 15 is 0 Å². The molecule has 0 fully saturated rings. The Labute approximate surface area is 134 Å². The van der Waals surface area contributed by atoms with Crippen LogP contribution in [0, 0.1) is 10.1 Å². The van der Waals surface area contributed by atoms with Gasteiger partial charge >= 0.3 is 0 Å². The molecule has 0 aliphatic heterocycles. The molecule has 2 amide bonds. The number of rotatable bonds is 7. The van der Waals surface area contributed by atoms with E-state index in [9.17, 15) is 19.7 Å². The van der Waals surface area contributed by atoms with Crippen molar-refractivity contribution in [3.05, 3.63) is 28.3 Å². The first-order valence-corrected chi connectivity index (χ1v) is 6.75. The van der Waals surface area contributed by atoms with Crippen LogP contribution >= 0.6 is 0 Å². The van der Waals surface area contributed by atoms with E-state index in [2.05, 4.69) is 5.32 Å². The van der Waals surface area contributed by atoms with Gasteiger partial charge in [0, 0.05) is 26.2 Å². The largest absolute Gasteiger partial charge is 0.495 e. The molecule has 0 aromatic heterocycles. The third-order valence-electron chi connectivity index (χ3n) is 2.99. The summed E-state index contributed by atoms with van der Waals surface area (Å²) in [5, 5.41) is 13.4. The number of benzene rings is 1. The van der Waals surface area contributed by atoms with Gasteiger partial charge in [-0.1, -0.05) is 0 Å². The number of non-ortho nitro benzene ring substituents is 1. The molecule has 9 heteroatoms. The van der Waals surface area contributed by atoms with Gasteiger partial charge in [-0.15, -0.1) is 0 Å². The fourth-order valence-electron chi connectivity index (χ4n) is 1.77. The average Bonchev–Trinajstić information content (AvgIpc) is 2.46. The van der Waals surface area contributed by atoms with E-state index < -0.39 is 10.8 Å². The Morgan fingerprint density at radius 2 is 1.91 bits per heavy atom. The highest BCUT2D eigenvalue weighted by Gasteiger charge is 2.16. The molecule has 1 rings (SSSR count). The summed E-state index contributed by atoms with van der Waals surface area (Å²) in [5.41, 5.74) is 0.0521. The van der Waals surface area contributed by atoms with Crippen LogP contribution in [0.2, 0.25) is 0 Å². The zero-order valence-corrected chi connectivity index (χ0v) is 13.5. The van der Waals surface area contributed by atoms with Crippen LogP contribution in [0.15, 0.2) is 18.2 Å². The van der Waals surface area contributed by atoms with Crippen molar-refractivity contribution in [1.29, 1.82) is 0 Å². The highest BCUT2D eigenvalue weighted by atomic mass is 16.6. The van der Waals surface area contributed by atoms with E-state index in [1.54, 1.807) is 26.0 Å². The van der Waals surface area contributed by atoms with Crippen molar-refractivity contribution in [3.63, 3.8) is 0 Å². The molecule has 1 aromatic rings. The molecule has 0 heterocycles. The van der Waals surface area contributed by atoms with E-state index in [1.165, 1.54) is 30.2 Å². The van der Waals surface area contributed by atoms with Crippen LogP contribution in [0.3, 0.4) is 0 Å². The second-order valence-electron chi connectivity index (χ2n) is 5.15. The molecule has 1 aromatic carbocycles. The number of nitrogens with one attached hydrogen (secondary N) is 1. The summed E-state index contributed by atoms with van der Waals surface area (Å²) in [4.78, 5) is 36.8. The maximum atomic E-state index is 12.0. The number of amides is 2. The van der Waals surface area contributed by atoms with Crippen LogP contribution in [0.25, 0.3) is 0 Å². The van der Waals surface area contributed by atoms with Crippen LogP contribution in [0.4, 0.5) is 11.4 Å². The van der Waals surface area contributed by atoms with E-state index in [0.717, 1.165) is 0 Å². The van der Waals surface area contributed by atoms with E-state index in [-0.39, 0.29) is 30.4 Å². The minimum Gasteiger partial charge on any atom is -0.495 e. The number of hydrogen-bond donors (Lipinski definition) is 1. The van der Waals surface area contributed by atoms with Gasteiger partial charge in [0.05, 0.1) is 30.8 Å². The summed E-state index contributed by atoms with van der Waals surface area (Å²) < 4.78 is 5.07. The van der Waals surface area contributed by atoms with Crippen LogP contribution in [-0.4, -0.2) is 67.9 Å². The summed E-state index contributed by atoms with van der Waals surface area (Å²) in [6, 6.07) is 3.92. The van der Waals surface area contributed by atoms with Crippen molar-refractivity contribution < 1.29 is 19.2 Å². The van der Waals surface area contributed by atoms with Crippen molar-refractivity contribution in [2.24, 2.45) is 0 Å². The number of nitrogens with zero attached hydrogens (tertiary/aromatic N) is 3. The quantitative estimate of drug-likeness (QED) is 0.580. The lowest BCUT2D eigenvalue weighted by Gasteiger charge is -2.18. The van der Waals surface area contributed by atoms with Crippen molar-refractivity contribution in [3.8, 4) is 5.75 Å². The number of anilines is 1. The molecule has 9 nitrogen and oxygen atoms in total. The van der Waals surface area contributed by atoms with E-state index in [0.29, 0.717) is 5.75 Å². The molecule has 0 unspecified atom stereocenters. The smallest absolute Gasteiger partial charge is 0.271 e. The number of carbonyl (C=O) groups is 2. The van der Waals surface area contributed by atoms with Gasteiger partial charge in [0.15, 0.2) is 0 Å². The van der Waals surface area contributed by atoms with Crippen molar-refractivity contribution in [2.45, 2.75) is 0 Å². The maximum Gasteiger partial charge on any atom is 0.271 e. The number of ether oxygens (including phenoxy) is 1. The summed E-state index contributed by atoms with van der Waals surface area (Å²) in [7, 11) is 6.29. The van der Waals surface area contributed by atoms with Gasteiger partial charge in [-0.2, -0.15) is 0 Å². The molecular weight excluding hydrogens is 304 g/mol. The molecule has 126 valence electrons. The predicted molar refractivity (Wildman–Crippen MR) is 84.5 cm³/mol. The van der Waals surface area contributed by atoms with E-state index in [1.807, 2.05) is 0 Å². The van der Waals surface area contributed by atoms with Gasteiger partial charge in [0.1, 0.15) is 5.75 Å². The van der Waals surface area contributed by atoms with Gasteiger partial charge in [-0.05, 0) is 13.1 Å². The molecule has 1 N–H and O–H groups in total. The molecular formula is C14H20N4O5. The zero-order valence-electron chi connectivity index (χ0n) is 13.5. The number of hydrogen-bond acceptors (Lipinski definition) is 6. The molecule has 0 saturated heterocycles. The Morgan fingerprint density at radius 1 is 1.26 bits per heavy atom. The first kappa shape index (κ1) is 18.4. The van der Waals surface area contributed by atoms with Crippen molar-refractivity contribution >= 4 is 23.2 Å². The molecule has 0 spiro atoms.